The highest BCUT2D eigenvalue weighted by Crippen LogP contribution is 2.39. The molecule has 2 aromatic heterocycles. The summed E-state index contributed by atoms with van der Waals surface area (Å²) in [6, 6.07) is 18.7. The molecule has 1 N–H and O–H groups in total. The maximum absolute atomic E-state index is 13.5. The maximum Gasteiger partial charge on any atom is 0.387 e. The van der Waals surface area contributed by atoms with Gasteiger partial charge in [-0.1, -0.05) is 30.3 Å². The van der Waals surface area contributed by atoms with Crippen molar-refractivity contribution >= 4 is 28.2 Å². The largest absolute Gasteiger partial charge is 0.480 e. The fourth-order valence-electron chi connectivity index (χ4n) is 7.55. The predicted molar refractivity (Wildman–Crippen MR) is 190 cm³/mol. The molecular weight excluding hydrogens is 654 g/mol. The molecular formula is C40H38F2N4O5. The zero-order valence-electron chi connectivity index (χ0n) is 28.7. The molecule has 2 saturated heterocycles. The van der Waals surface area contributed by atoms with Crippen LogP contribution < -0.4 is 4.74 Å². The Labute approximate surface area is 293 Å². The van der Waals surface area contributed by atoms with Gasteiger partial charge in [-0.15, -0.1) is 0 Å². The Bertz CT molecular complexity index is 2290. The average molecular weight is 693 g/mol. The van der Waals surface area contributed by atoms with E-state index in [9.17, 15) is 18.7 Å². The number of aliphatic carboxylic acids is 1. The van der Waals surface area contributed by atoms with Crippen molar-refractivity contribution in [2.75, 3.05) is 19.6 Å². The first-order chi connectivity index (χ1) is 24.6. The molecule has 51 heavy (non-hydrogen) atoms. The van der Waals surface area contributed by atoms with Crippen LogP contribution in [0.25, 0.3) is 56.2 Å². The van der Waals surface area contributed by atoms with Gasteiger partial charge in [0.05, 0.1) is 0 Å². The second kappa shape index (κ2) is 13.2. The molecule has 1 atom stereocenters. The fourth-order valence-corrected chi connectivity index (χ4v) is 7.55. The number of aryl methyl sites for hydroxylation is 1. The SMILES string of the molecule is Cc1c(-c2nc3cc(CN4CCC[C@H]4C(=O)O)c(OC(F)F)cc3o2)cccc1-c1cccc(-c2nc3cc(CN4CCC4)cc(C)c3o2)c1C. The van der Waals surface area contributed by atoms with Crippen LogP contribution >= 0.6 is 0 Å². The summed E-state index contributed by atoms with van der Waals surface area (Å²) in [4.78, 5) is 25.7. The topological polar surface area (TPSA) is 105 Å². The molecule has 0 radical (unpaired) electrons. The maximum atomic E-state index is 13.5. The third-order valence-electron chi connectivity index (χ3n) is 10.3. The number of carbonyl (C=O) groups is 1. The van der Waals surface area contributed by atoms with E-state index in [-0.39, 0.29) is 12.3 Å². The van der Waals surface area contributed by atoms with Gasteiger partial charge >= 0.3 is 12.6 Å². The zero-order valence-corrected chi connectivity index (χ0v) is 28.7. The molecule has 11 heteroatoms. The Morgan fingerprint density at radius 1 is 0.863 bits per heavy atom. The standard InChI is InChI=1S/C40H38F2N4O5/c1-22-16-25(20-45-13-7-14-45)17-32-36(22)51-38(44-32)30-11-5-9-28(24(30)3)27-8-4-10-29(23(27)2)37-43-31-18-26(21-46-15-6-12-33(46)39(47)48)34(50-40(41)42)19-35(31)49-37/h4-5,8-11,16-19,33,40H,6-7,12-15,20-21H2,1-3H3,(H,47,48)/t33-/m0/s1. The molecule has 0 saturated carbocycles. The monoisotopic (exact) mass is 692 g/mol. The van der Waals surface area contributed by atoms with Gasteiger partial charge in [0, 0.05) is 35.8 Å². The van der Waals surface area contributed by atoms with Gasteiger partial charge in [-0.05, 0) is 117 Å². The normalized spacial score (nSPS) is 16.8. The number of aromatic nitrogens is 2. The number of nitrogens with zero attached hydrogens (tertiary/aromatic N) is 4. The molecule has 6 aromatic rings. The van der Waals surface area contributed by atoms with E-state index in [0.29, 0.717) is 47.8 Å². The number of carboxylic acid groups (broad SMARTS) is 1. The number of hydrogen-bond donors (Lipinski definition) is 1. The number of oxazole rings is 2. The molecule has 9 nitrogen and oxygen atoms in total. The summed E-state index contributed by atoms with van der Waals surface area (Å²) in [5, 5.41) is 9.65. The number of carboxylic acids is 1. The van der Waals surface area contributed by atoms with Crippen molar-refractivity contribution in [3.05, 3.63) is 88.5 Å². The van der Waals surface area contributed by atoms with E-state index in [2.05, 4.69) is 36.9 Å². The number of alkyl halides is 2. The smallest absolute Gasteiger partial charge is 0.387 e. The van der Waals surface area contributed by atoms with E-state index in [4.69, 9.17) is 23.5 Å². The highest BCUT2D eigenvalue weighted by Gasteiger charge is 2.31. The second-order valence-corrected chi connectivity index (χ2v) is 13.7. The molecule has 0 bridgehead atoms. The van der Waals surface area contributed by atoms with Gasteiger partial charge < -0.3 is 18.7 Å². The lowest BCUT2D eigenvalue weighted by Crippen LogP contribution is -2.36. The summed E-state index contributed by atoms with van der Waals surface area (Å²) in [6.45, 7) is 6.95. The molecule has 2 fully saturated rings. The van der Waals surface area contributed by atoms with Crippen LogP contribution in [0.3, 0.4) is 0 Å². The van der Waals surface area contributed by atoms with Gasteiger partial charge in [0.25, 0.3) is 0 Å². The Hall–Kier alpha value is -5.13. The van der Waals surface area contributed by atoms with E-state index in [1.807, 2.05) is 37.3 Å². The van der Waals surface area contributed by atoms with Gasteiger partial charge in [0.2, 0.25) is 11.8 Å². The third-order valence-corrected chi connectivity index (χ3v) is 10.3. The van der Waals surface area contributed by atoms with Crippen LogP contribution in [0, 0.1) is 20.8 Å². The molecule has 2 aliphatic rings. The summed E-state index contributed by atoms with van der Waals surface area (Å²) in [6.07, 6.45) is 2.47. The number of ether oxygens (including phenoxy) is 1. The number of likely N-dealkylation sites (tertiary alicyclic amines) is 2. The fraction of sp³-hybridized carbons (Fsp3) is 0.325. The molecule has 0 unspecified atom stereocenters. The average Bonchev–Trinajstić information content (AvgIpc) is 3.82. The summed E-state index contributed by atoms with van der Waals surface area (Å²) in [5.74, 6) is -0.0787. The van der Waals surface area contributed by atoms with Crippen molar-refractivity contribution in [2.45, 2.75) is 65.8 Å². The second-order valence-electron chi connectivity index (χ2n) is 13.7. The number of halogens is 2. The Morgan fingerprint density at radius 3 is 2.18 bits per heavy atom. The summed E-state index contributed by atoms with van der Waals surface area (Å²) in [7, 11) is 0. The van der Waals surface area contributed by atoms with Gasteiger partial charge in [0.1, 0.15) is 22.8 Å². The first-order valence-corrected chi connectivity index (χ1v) is 17.3. The predicted octanol–water partition coefficient (Wildman–Crippen LogP) is 8.75. The highest BCUT2D eigenvalue weighted by molar-refractivity contribution is 5.86. The van der Waals surface area contributed by atoms with Crippen molar-refractivity contribution < 1.29 is 32.3 Å². The van der Waals surface area contributed by atoms with E-state index in [1.165, 1.54) is 18.1 Å². The van der Waals surface area contributed by atoms with E-state index in [0.717, 1.165) is 69.7 Å². The van der Waals surface area contributed by atoms with Crippen LogP contribution in [0.5, 0.6) is 5.75 Å². The zero-order chi connectivity index (χ0) is 35.4. The first-order valence-electron chi connectivity index (χ1n) is 17.3. The van der Waals surface area contributed by atoms with Crippen LogP contribution in [0.15, 0.2) is 69.5 Å². The molecule has 4 heterocycles. The Kier molecular flexibility index (Phi) is 8.55. The van der Waals surface area contributed by atoms with Crippen molar-refractivity contribution in [3.63, 3.8) is 0 Å². The molecule has 2 aliphatic heterocycles. The van der Waals surface area contributed by atoms with Gasteiger partial charge in [-0.25, -0.2) is 9.97 Å². The van der Waals surface area contributed by atoms with Crippen LogP contribution in [0.2, 0.25) is 0 Å². The van der Waals surface area contributed by atoms with Crippen molar-refractivity contribution in [3.8, 4) is 39.8 Å². The van der Waals surface area contributed by atoms with E-state index in [1.54, 1.807) is 11.0 Å². The van der Waals surface area contributed by atoms with E-state index < -0.39 is 18.6 Å². The van der Waals surface area contributed by atoms with Crippen molar-refractivity contribution in [1.29, 1.82) is 0 Å². The van der Waals surface area contributed by atoms with Gasteiger partial charge in [-0.3, -0.25) is 14.6 Å². The number of hydrogen-bond acceptors (Lipinski definition) is 8. The lowest BCUT2D eigenvalue weighted by molar-refractivity contribution is -0.142. The molecule has 0 spiro atoms. The first kappa shape index (κ1) is 33.0. The molecule has 0 aliphatic carbocycles. The van der Waals surface area contributed by atoms with Gasteiger partial charge in [0.15, 0.2) is 11.2 Å². The van der Waals surface area contributed by atoms with Crippen LogP contribution in [0.1, 0.15) is 47.1 Å². The molecule has 0 amide bonds. The van der Waals surface area contributed by atoms with Gasteiger partial charge in [-0.2, -0.15) is 8.78 Å². The number of fused-ring (bicyclic) bond motifs is 2. The minimum atomic E-state index is -3.05. The van der Waals surface area contributed by atoms with Crippen molar-refractivity contribution in [2.24, 2.45) is 0 Å². The quantitative estimate of drug-likeness (QED) is 0.151. The van der Waals surface area contributed by atoms with Crippen LogP contribution in [-0.2, 0) is 17.9 Å². The number of rotatable bonds is 10. The Balaban J connectivity index is 1.13. The highest BCUT2D eigenvalue weighted by atomic mass is 19.3. The summed E-state index contributed by atoms with van der Waals surface area (Å²) in [5.41, 5.74) is 10.7. The lowest BCUT2D eigenvalue weighted by Gasteiger charge is -2.30. The minimum Gasteiger partial charge on any atom is -0.480 e. The summed E-state index contributed by atoms with van der Waals surface area (Å²) < 4.78 is 44.4. The van der Waals surface area contributed by atoms with Crippen LogP contribution in [-0.4, -0.2) is 63.1 Å². The number of benzene rings is 4. The lowest BCUT2D eigenvalue weighted by atomic mass is 9.91. The van der Waals surface area contributed by atoms with Crippen molar-refractivity contribution in [1.82, 2.24) is 19.8 Å². The minimum absolute atomic E-state index is 0.0593. The third kappa shape index (κ3) is 6.25. The molecule has 262 valence electrons. The Morgan fingerprint density at radius 2 is 1.53 bits per heavy atom. The van der Waals surface area contributed by atoms with E-state index >= 15 is 0 Å². The molecule has 8 rings (SSSR count). The summed E-state index contributed by atoms with van der Waals surface area (Å²) >= 11 is 0. The van der Waals surface area contributed by atoms with Crippen LogP contribution in [0.4, 0.5) is 8.78 Å². The molecule has 4 aromatic carbocycles.